The number of aliphatic hydroxyl groups excluding tert-OH is 1. The summed E-state index contributed by atoms with van der Waals surface area (Å²) < 4.78 is 0. The quantitative estimate of drug-likeness (QED) is 0.740. The predicted octanol–water partition coefficient (Wildman–Crippen LogP) is 0.836. The molecule has 1 atom stereocenters. The number of hydrogen-bond donors (Lipinski definition) is 3. The summed E-state index contributed by atoms with van der Waals surface area (Å²) in [5.74, 6) is 0.128. The predicted molar refractivity (Wildman–Crippen MR) is 70.0 cm³/mol. The lowest BCUT2D eigenvalue weighted by Crippen LogP contribution is -2.40. The number of aliphatic hydroxyl groups is 1. The molecule has 0 aliphatic carbocycles. The zero-order valence-corrected chi connectivity index (χ0v) is 10.4. The van der Waals surface area contributed by atoms with Gasteiger partial charge in [0.1, 0.15) is 0 Å². The van der Waals surface area contributed by atoms with Crippen molar-refractivity contribution in [2.24, 2.45) is 5.92 Å². The van der Waals surface area contributed by atoms with Gasteiger partial charge in [-0.2, -0.15) is 0 Å². The van der Waals surface area contributed by atoms with E-state index in [1.165, 1.54) is 0 Å². The molecule has 1 amide bonds. The molecule has 1 aliphatic rings. The zero-order chi connectivity index (χ0) is 12.8. The molecule has 0 bridgehead atoms. The van der Waals surface area contributed by atoms with Crippen molar-refractivity contribution in [2.75, 3.05) is 19.7 Å². The minimum Gasteiger partial charge on any atom is -0.394 e. The molecule has 0 spiro atoms. The molecule has 1 aromatic rings. The van der Waals surface area contributed by atoms with Gasteiger partial charge in [0, 0.05) is 5.92 Å². The Morgan fingerprint density at radius 3 is 2.61 bits per heavy atom. The van der Waals surface area contributed by atoms with Crippen LogP contribution >= 0.6 is 0 Å². The van der Waals surface area contributed by atoms with Crippen LogP contribution in [0, 0.1) is 5.92 Å². The van der Waals surface area contributed by atoms with E-state index in [2.05, 4.69) is 10.6 Å². The first-order valence-electron chi connectivity index (χ1n) is 6.48. The monoisotopic (exact) mass is 248 g/mol. The Bertz CT molecular complexity index is 375. The fraction of sp³-hybridized carbons (Fsp3) is 0.500. The second-order valence-corrected chi connectivity index (χ2v) is 4.68. The van der Waals surface area contributed by atoms with Crippen molar-refractivity contribution >= 4 is 5.91 Å². The van der Waals surface area contributed by atoms with E-state index < -0.39 is 0 Å². The highest BCUT2D eigenvalue weighted by Crippen LogP contribution is 2.16. The van der Waals surface area contributed by atoms with Crippen LogP contribution in [0.3, 0.4) is 0 Å². The molecule has 1 heterocycles. The van der Waals surface area contributed by atoms with E-state index >= 15 is 0 Å². The Labute approximate surface area is 107 Å². The average molecular weight is 248 g/mol. The van der Waals surface area contributed by atoms with Crippen LogP contribution in [-0.4, -0.2) is 30.7 Å². The average Bonchev–Trinajstić information content (AvgIpc) is 2.46. The van der Waals surface area contributed by atoms with Crippen LogP contribution in [0.2, 0.25) is 0 Å². The van der Waals surface area contributed by atoms with Crippen molar-refractivity contribution in [3.63, 3.8) is 0 Å². The second-order valence-electron chi connectivity index (χ2n) is 4.68. The summed E-state index contributed by atoms with van der Waals surface area (Å²) >= 11 is 0. The number of nitrogens with one attached hydrogen (secondary N) is 2. The molecule has 0 aromatic heterocycles. The molecule has 98 valence electrons. The lowest BCUT2D eigenvalue weighted by Gasteiger charge is -2.24. The van der Waals surface area contributed by atoms with Gasteiger partial charge in [0.2, 0.25) is 5.91 Å². The maximum absolute atomic E-state index is 12.1. The molecule has 18 heavy (non-hydrogen) atoms. The molecule has 4 nitrogen and oxygen atoms in total. The molecule has 0 unspecified atom stereocenters. The Balaban J connectivity index is 1.95. The van der Waals surface area contributed by atoms with Gasteiger partial charge in [0.05, 0.1) is 12.6 Å². The third-order valence-corrected chi connectivity index (χ3v) is 3.41. The van der Waals surface area contributed by atoms with Crippen molar-refractivity contribution in [1.29, 1.82) is 0 Å². The van der Waals surface area contributed by atoms with E-state index in [-0.39, 0.29) is 24.5 Å². The molecule has 1 aromatic carbocycles. The SMILES string of the molecule is O=C(N[C@H](CO)c1ccccc1)C1CCNCC1. The fourth-order valence-electron chi connectivity index (χ4n) is 2.29. The van der Waals surface area contributed by atoms with Gasteiger partial charge in [-0.3, -0.25) is 4.79 Å². The van der Waals surface area contributed by atoms with Crippen LogP contribution in [0.5, 0.6) is 0 Å². The molecule has 1 saturated heterocycles. The first kappa shape index (κ1) is 13.1. The number of benzene rings is 1. The van der Waals surface area contributed by atoms with Crippen LogP contribution in [0.15, 0.2) is 30.3 Å². The van der Waals surface area contributed by atoms with Gasteiger partial charge < -0.3 is 15.7 Å². The van der Waals surface area contributed by atoms with Gasteiger partial charge in [0.15, 0.2) is 0 Å². The largest absolute Gasteiger partial charge is 0.394 e. The summed E-state index contributed by atoms with van der Waals surface area (Å²) in [5, 5.41) is 15.6. The summed E-state index contributed by atoms with van der Waals surface area (Å²) in [6, 6.07) is 9.29. The minimum atomic E-state index is -0.298. The van der Waals surface area contributed by atoms with Crippen molar-refractivity contribution < 1.29 is 9.90 Å². The highest BCUT2D eigenvalue weighted by Gasteiger charge is 2.23. The van der Waals surface area contributed by atoms with Crippen molar-refractivity contribution in [2.45, 2.75) is 18.9 Å². The lowest BCUT2D eigenvalue weighted by molar-refractivity contribution is -0.126. The third-order valence-electron chi connectivity index (χ3n) is 3.41. The van der Waals surface area contributed by atoms with Crippen molar-refractivity contribution in [3.05, 3.63) is 35.9 Å². The number of rotatable bonds is 4. The number of carbonyl (C=O) groups excluding carboxylic acids is 1. The molecule has 0 saturated carbocycles. The Hall–Kier alpha value is -1.39. The smallest absolute Gasteiger partial charge is 0.223 e. The summed E-state index contributed by atoms with van der Waals surface area (Å²) in [5.41, 5.74) is 0.947. The standard InChI is InChI=1S/C14H20N2O2/c17-10-13(11-4-2-1-3-5-11)16-14(18)12-6-8-15-9-7-12/h1-5,12-13,15,17H,6-10H2,(H,16,18)/t13-/m1/s1. The van der Waals surface area contributed by atoms with E-state index in [4.69, 9.17) is 0 Å². The van der Waals surface area contributed by atoms with Gasteiger partial charge in [-0.25, -0.2) is 0 Å². The van der Waals surface area contributed by atoms with E-state index in [0.29, 0.717) is 0 Å². The fourth-order valence-corrected chi connectivity index (χ4v) is 2.29. The molecular formula is C14H20N2O2. The van der Waals surface area contributed by atoms with Gasteiger partial charge in [0.25, 0.3) is 0 Å². The third kappa shape index (κ3) is 3.31. The molecule has 1 fully saturated rings. The summed E-state index contributed by atoms with van der Waals surface area (Å²) in [4.78, 5) is 12.1. The summed E-state index contributed by atoms with van der Waals surface area (Å²) in [6.45, 7) is 1.72. The van der Waals surface area contributed by atoms with E-state index in [0.717, 1.165) is 31.5 Å². The van der Waals surface area contributed by atoms with Crippen LogP contribution in [-0.2, 0) is 4.79 Å². The van der Waals surface area contributed by atoms with Crippen LogP contribution < -0.4 is 10.6 Å². The highest BCUT2D eigenvalue weighted by molar-refractivity contribution is 5.79. The number of hydrogen-bond acceptors (Lipinski definition) is 3. The second kappa shape index (κ2) is 6.52. The first-order valence-corrected chi connectivity index (χ1v) is 6.48. The highest BCUT2D eigenvalue weighted by atomic mass is 16.3. The van der Waals surface area contributed by atoms with Crippen LogP contribution in [0.1, 0.15) is 24.4 Å². The van der Waals surface area contributed by atoms with Crippen LogP contribution in [0.4, 0.5) is 0 Å². The number of piperidine rings is 1. The molecule has 1 aliphatic heterocycles. The van der Waals surface area contributed by atoms with Gasteiger partial charge in [-0.15, -0.1) is 0 Å². The summed E-state index contributed by atoms with van der Waals surface area (Å²) in [7, 11) is 0. The number of carbonyl (C=O) groups is 1. The maximum atomic E-state index is 12.1. The van der Waals surface area contributed by atoms with E-state index in [1.807, 2.05) is 30.3 Å². The Kier molecular flexibility index (Phi) is 4.73. The Morgan fingerprint density at radius 2 is 2.00 bits per heavy atom. The molecule has 4 heteroatoms. The number of amides is 1. The normalized spacial score (nSPS) is 18.3. The van der Waals surface area contributed by atoms with Crippen molar-refractivity contribution in [3.8, 4) is 0 Å². The zero-order valence-electron chi connectivity index (χ0n) is 10.4. The topological polar surface area (TPSA) is 61.4 Å². The van der Waals surface area contributed by atoms with Crippen LogP contribution in [0.25, 0.3) is 0 Å². The molecule has 0 radical (unpaired) electrons. The van der Waals surface area contributed by atoms with Gasteiger partial charge in [-0.1, -0.05) is 30.3 Å². The molecular weight excluding hydrogens is 228 g/mol. The van der Waals surface area contributed by atoms with Gasteiger partial charge >= 0.3 is 0 Å². The Morgan fingerprint density at radius 1 is 1.33 bits per heavy atom. The molecule has 3 N–H and O–H groups in total. The summed E-state index contributed by atoms with van der Waals surface area (Å²) in [6.07, 6.45) is 1.75. The first-order chi connectivity index (χ1) is 8.81. The lowest BCUT2D eigenvalue weighted by atomic mass is 9.96. The molecule has 2 rings (SSSR count). The van der Waals surface area contributed by atoms with E-state index in [9.17, 15) is 9.90 Å². The maximum Gasteiger partial charge on any atom is 0.223 e. The van der Waals surface area contributed by atoms with E-state index in [1.54, 1.807) is 0 Å². The minimum absolute atomic E-state index is 0.0550. The van der Waals surface area contributed by atoms with Gasteiger partial charge in [-0.05, 0) is 31.5 Å². The van der Waals surface area contributed by atoms with Crippen molar-refractivity contribution in [1.82, 2.24) is 10.6 Å².